The van der Waals surface area contributed by atoms with Crippen LogP contribution in [0.2, 0.25) is 0 Å². The average Bonchev–Trinajstić information content (AvgIpc) is 3.16. The zero-order chi connectivity index (χ0) is 37.1. The van der Waals surface area contributed by atoms with Crippen molar-refractivity contribution in [2.45, 2.75) is 89.4 Å². The van der Waals surface area contributed by atoms with Crippen LogP contribution in [0, 0.1) is 17.2 Å². The fourth-order valence-corrected chi connectivity index (χ4v) is 7.53. The minimum Gasteiger partial charge on any atom is -0.457 e. The fourth-order valence-electron chi connectivity index (χ4n) is 7.53. The summed E-state index contributed by atoms with van der Waals surface area (Å²) < 4.78 is 33.9. The second-order valence-electron chi connectivity index (χ2n) is 14.6. The summed E-state index contributed by atoms with van der Waals surface area (Å²) in [7, 11) is 0. The molecule has 1 N–H and O–H groups in total. The molecule has 276 valence electrons. The molecule has 0 spiro atoms. The summed E-state index contributed by atoms with van der Waals surface area (Å²) >= 11 is 0. The van der Waals surface area contributed by atoms with Crippen LogP contribution in [0.4, 0.5) is 8.78 Å². The molecule has 1 atom stereocenters. The van der Waals surface area contributed by atoms with Crippen molar-refractivity contribution in [2.75, 3.05) is 32.7 Å². The third-order valence-electron chi connectivity index (χ3n) is 10.6. The number of esters is 1. The number of ether oxygens (including phenoxy) is 1. The van der Waals surface area contributed by atoms with E-state index in [4.69, 9.17) is 4.74 Å². The minimum absolute atomic E-state index is 0.0276. The second kappa shape index (κ2) is 18.0. The molecular weight excluding hydrogens is 660 g/mol. The van der Waals surface area contributed by atoms with E-state index in [1.807, 2.05) is 48.5 Å². The highest BCUT2D eigenvalue weighted by Crippen LogP contribution is 2.37. The molecular formula is C43H51F2N3O4. The lowest BCUT2D eigenvalue weighted by molar-refractivity contribution is -0.145. The molecule has 1 heterocycles. The highest BCUT2D eigenvalue weighted by molar-refractivity contribution is 5.88. The maximum Gasteiger partial charge on any atom is 0.333 e. The van der Waals surface area contributed by atoms with E-state index in [2.05, 4.69) is 28.5 Å². The number of hydrogen-bond donors (Lipinski definition) is 1. The molecule has 3 aromatic rings. The number of carbonyl (C=O) groups excluding carboxylic acids is 2. The van der Waals surface area contributed by atoms with Gasteiger partial charge in [-0.05, 0) is 66.0 Å². The molecule has 1 unspecified atom stereocenters. The molecule has 1 saturated carbocycles. The first-order chi connectivity index (χ1) is 24.9. The Kier molecular flexibility index (Phi) is 13.5. The number of nitriles is 1. The van der Waals surface area contributed by atoms with Crippen molar-refractivity contribution in [3.63, 3.8) is 0 Å². The molecule has 1 aliphatic heterocycles. The van der Waals surface area contributed by atoms with Crippen LogP contribution < -0.4 is 0 Å². The SMILES string of the molecule is C=C(CCN1CCN(Cc2cccc(CC(O)(C(=O)CCc3ccc(C#N)c(C(C)(F)F)c3)C3CCCCC3)c2)CC1)C(=O)OCc1ccccc1. The normalized spacial score (nSPS) is 17.2. The summed E-state index contributed by atoms with van der Waals surface area (Å²) in [6, 6.07) is 23.9. The van der Waals surface area contributed by atoms with Crippen molar-refractivity contribution in [1.29, 1.82) is 5.26 Å². The topological polar surface area (TPSA) is 93.9 Å². The van der Waals surface area contributed by atoms with Gasteiger partial charge >= 0.3 is 5.97 Å². The van der Waals surface area contributed by atoms with Crippen LogP contribution in [-0.4, -0.2) is 65.0 Å². The van der Waals surface area contributed by atoms with E-state index >= 15 is 0 Å². The highest BCUT2D eigenvalue weighted by Gasteiger charge is 2.43. The van der Waals surface area contributed by atoms with Gasteiger partial charge in [0.1, 0.15) is 12.2 Å². The number of carbonyl (C=O) groups is 2. The summed E-state index contributed by atoms with van der Waals surface area (Å²) in [5.74, 6) is -3.96. The highest BCUT2D eigenvalue weighted by atomic mass is 19.3. The predicted molar refractivity (Wildman–Crippen MR) is 197 cm³/mol. The summed E-state index contributed by atoms with van der Waals surface area (Å²) in [4.78, 5) is 31.1. The van der Waals surface area contributed by atoms with Gasteiger partial charge in [-0.3, -0.25) is 9.69 Å². The molecule has 0 bridgehead atoms. The third kappa shape index (κ3) is 10.7. The Hall–Kier alpha value is -4.23. The molecule has 52 heavy (non-hydrogen) atoms. The van der Waals surface area contributed by atoms with Crippen molar-refractivity contribution < 1.29 is 28.2 Å². The molecule has 0 radical (unpaired) electrons. The van der Waals surface area contributed by atoms with Gasteiger partial charge in [0.2, 0.25) is 0 Å². The molecule has 9 heteroatoms. The second-order valence-corrected chi connectivity index (χ2v) is 14.6. The monoisotopic (exact) mass is 711 g/mol. The van der Waals surface area contributed by atoms with Gasteiger partial charge in [0.05, 0.1) is 11.6 Å². The molecule has 2 aliphatic rings. The third-order valence-corrected chi connectivity index (χ3v) is 10.6. The zero-order valence-corrected chi connectivity index (χ0v) is 30.3. The number of alkyl halides is 2. The number of ketones is 1. The summed E-state index contributed by atoms with van der Waals surface area (Å²) in [6.45, 7) is 9.95. The van der Waals surface area contributed by atoms with Gasteiger partial charge in [0.25, 0.3) is 5.92 Å². The number of benzene rings is 3. The first kappa shape index (κ1) is 39.0. The number of Topliss-reactive ketones (excluding diaryl/α,β-unsaturated/α-hetero) is 1. The van der Waals surface area contributed by atoms with Gasteiger partial charge in [0.15, 0.2) is 5.78 Å². The number of piperazine rings is 1. The molecule has 5 rings (SSSR count). The van der Waals surface area contributed by atoms with Crippen molar-refractivity contribution >= 4 is 11.8 Å². The number of aryl methyl sites for hydroxylation is 1. The maximum absolute atomic E-state index is 14.2. The average molecular weight is 712 g/mol. The van der Waals surface area contributed by atoms with Crippen LogP contribution in [0.3, 0.4) is 0 Å². The van der Waals surface area contributed by atoms with Crippen LogP contribution in [0.5, 0.6) is 0 Å². The lowest BCUT2D eigenvalue weighted by Crippen LogP contribution is -2.49. The van der Waals surface area contributed by atoms with Crippen LogP contribution in [0.1, 0.15) is 85.3 Å². The van der Waals surface area contributed by atoms with E-state index in [1.165, 1.54) is 12.1 Å². The Morgan fingerprint density at radius 1 is 0.885 bits per heavy atom. The molecule has 2 fully saturated rings. The van der Waals surface area contributed by atoms with Gasteiger partial charge in [-0.15, -0.1) is 0 Å². The van der Waals surface area contributed by atoms with Crippen molar-refractivity contribution in [1.82, 2.24) is 9.80 Å². The summed E-state index contributed by atoms with van der Waals surface area (Å²) in [5, 5.41) is 21.5. The Morgan fingerprint density at radius 2 is 1.56 bits per heavy atom. The number of rotatable bonds is 16. The number of halogens is 2. The predicted octanol–water partition coefficient (Wildman–Crippen LogP) is 7.53. The standard InChI is InChI=1S/C43H51F2N3O4/c1-32(41(50)52-31-34-10-5-3-6-11-34)20-21-47-22-24-48(25-23-47)30-36-13-9-12-35(26-36)28-43(51,38-14-7-4-8-15-38)40(49)19-17-33-16-18-37(29-46)39(27-33)42(2,44)45/h3,5-6,9-13,16,18,26-27,38,51H,1,4,7-8,14-15,17,19-25,28,30-31H2,2H3. The molecule has 0 amide bonds. The minimum atomic E-state index is -3.18. The van der Waals surface area contributed by atoms with E-state index in [0.29, 0.717) is 17.6 Å². The fraction of sp³-hybridized carbons (Fsp3) is 0.465. The van der Waals surface area contributed by atoms with E-state index in [9.17, 15) is 28.7 Å². The van der Waals surface area contributed by atoms with Crippen LogP contribution in [0.15, 0.2) is 84.9 Å². The Labute approximate surface area is 306 Å². The molecule has 7 nitrogen and oxygen atoms in total. The van der Waals surface area contributed by atoms with Crippen molar-refractivity contribution in [3.05, 3.63) is 118 Å². The van der Waals surface area contributed by atoms with E-state index < -0.39 is 11.5 Å². The lowest BCUT2D eigenvalue weighted by Gasteiger charge is -2.38. The first-order valence-corrected chi connectivity index (χ1v) is 18.5. The van der Waals surface area contributed by atoms with E-state index in [-0.39, 0.29) is 54.7 Å². The van der Waals surface area contributed by atoms with Gasteiger partial charge in [-0.2, -0.15) is 5.26 Å². The van der Waals surface area contributed by atoms with Gasteiger partial charge in [-0.25, -0.2) is 13.6 Å². The molecule has 1 saturated heterocycles. The molecule has 3 aromatic carbocycles. The Morgan fingerprint density at radius 3 is 2.25 bits per heavy atom. The Bertz CT molecular complexity index is 1720. The number of aliphatic hydroxyl groups is 1. The van der Waals surface area contributed by atoms with Crippen molar-refractivity contribution in [2.24, 2.45) is 5.92 Å². The maximum atomic E-state index is 14.2. The van der Waals surface area contributed by atoms with Crippen LogP contribution in [0.25, 0.3) is 0 Å². The summed E-state index contributed by atoms with van der Waals surface area (Å²) in [6.07, 6.45) is 5.56. The first-order valence-electron chi connectivity index (χ1n) is 18.5. The lowest BCUT2D eigenvalue weighted by atomic mass is 9.71. The van der Waals surface area contributed by atoms with Crippen LogP contribution >= 0.6 is 0 Å². The zero-order valence-electron chi connectivity index (χ0n) is 30.3. The van der Waals surface area contributed by atoms with E-state index in [0.717, 1.165) is 95.0 Å². The quantitative estimate of drug-likeness (QED) is 0.121. The Balaban J connectivity index is 1.14. The van der Waals surface area contributed by atoms with Gasteiger partial charge in [-0.1, -0.05) is 86.5 Å². The molecule has 0 aromatic heterocycles. The molecule has 1 aliphatic carbocycles. The largest absolute Gasteiger partial charge is 0.457 e. The van der Waals surface area contributed by atoms with Gasteiger partial charge in [0, 0.05) is 70.2 Å². The van der Waals surface area contributed by atoms with Crippen LogP contribution in [-0.2, 0) is 46.2 Å². The van der Waals surface area contributed by atoms with Gasteiger partial charge < -0.3 is 14.7 Å². The van der Waals surface area contributed by atoms with E-state index in [1.54, 1.807) is 6.07 Å². The smallest absolute Gasteiger partial charge is 0.333 e. The number of hydrogen-bond acceptors (Lipinski definition) is 7. The number of nitrogens with zero attached hydrogens (tertiary/aromatic N) is 3. The van der Waals surface area contributed by atoms with Crippen molar-refractivity contribution in [3.8, 4) is 6.07 Å². The summed E-state index contributed by atoms with van der Waals surface area (Å²) in [5.41, 5.74) is 2.01.